The Morgan fingerprint density at radius 2 is 0.750 bits per heavy atom. The van der Waals surface area contributed by atoms with Gasteiger partial charge < -0.3 is 38.8 Å². The lowest BCUT2D eigenvalue weighted by Gasteiger charge is -2.49. The molecule has 0 aromatic heterocycles. The molecule has 10 atom stereocenters. The molecule has 2 rings (SSSR count). The van der Waals surface area contributed by atoms with E-state index in [1.54, 1.807) is 0 Å². The highest BCUT2D eigenvalue weighted by molar-refractivity contribution is 6.84. The van der Waals surface area contributed by atoms with Gasteiger partial charge in [0.25, 0.3) is 0 Å². The van der Waals surface area contributed by atoms with Crippen LogP contribution >= 0.6 is 0 Å². The molecule has 8 nitrogen and oxygen atoms in total. The van der Waals surface area contributed by atoms with Crippen LogP contribution in [0.3, 0.4) is 0 Å². The molecule has 0 aromatic rings. The van der Waals surface area contributed by atoms with Crippen LogP contribution < -0.4 is 0 Å². The van der Waals surface area contributed by atoms with Gasteiger partial charge in [-0.25, -0.2) is 0 Å². The number of ether oxygens (including phenoxy) is 2. The van der Waals surface area contributed by atoms with Crippen molar-refractivity contribution >= 4 is 32.8 Å². The van der Waals surface area contributed by atoms with E-state index < -0.39 is 93.5 Å². The third kappa shape index (κ3) is 12.2. The zero-order chi connectivity index (χ0) is 43.1. The Hall–Kier alpha value is -1.21. The number of hydrogen-bond donors (Lipinski definition) is 4. The smallest absolute Gasteiger partial charge is 0.201 e. The van der Waals surface area contributed by atoms with Crippen molar-refractivity contribution in [1.29, 1.82) is 0 Å². The summed E-state index contributed by atoms with van der Waals surface area (Å²) >= 11 is 0. The molecule has 0 aliphatic carbocycles. The first-order valence-electron chi connectivity index (χ1n) is 21.0. The minimum absolute atomic E-state index is 0.262. The van der Waals surface area contributed by atoms with E-state index in [0.29, 0.717) is 0 Å². The first kappa shape index (κ1) is 50.9. The van der Waals surface area contributed by atoms with Crippen molar-refractivity contribution in [2.45, 2.75) is 204 Å². The highest BCUT2D eigenvalue weighted by atomic mass is 28.4. The number of rotatable bonds is 12. The molecule has 2 aliphatic heterocycles. The third-order valence-corrected chi connectivity index (χ3v) is 25.6. The van der Waals surface area contributed by atoms with E-state index >= 15 is 0 Å². The molecule has 0 spiro atoms. The fourth-order valence-corrected chi connectivity index (χ4v) is 21.4. The molecule has 56 heavy (non-hydrogen) atoms. The van der Waals surface area contributed by atoms with E-state index in [4.69, 9.17) is 18.3 Å². The lowest BCUT2D eigenvalue weighted by atomic mass is 9.86. The van der Waals surface area contributed by atoms with Crippen molar-refractivity contribution in [2.24, 2.45) is 11.8 Å². The van der Waals surface area contributed by atoms with Gasteiger partial charge in [-0.1, -0.05) is 146 Å². The van der Waals surface area contributed by atoms with E-state index in [0.717, 1.165) is 0 Å². The normalized spacial score (nSPS) is 29.1. The van der Waals surface area contributed by atoms with Crippen molar-refractivity contribution in [3.8, 4) is 46.6 Å². The van der Waals surface area contributed by atoms with Gasteiger partial charge in [0.05, 0.1) is 49.5 Å². The molecule has 4 N–H and O–H groups in total. The fourth-order valence-electron chi connectivity index (χ4n) is 9.17. The summed E-state index contributed by atoms with van der Waals surface area (Å²) in [5, 5.41) is 45.3. The van der Waals surface area contributed by atoms with E-state index in [2.05, 4.69) is 169 Å². The topological polar surface area (TPSA) is 118 Å². The van der Waals surface area contributed by atoms with Crippen molar-refractivity contribution in [3.63, 3.8) is 0 Å². The maximum atomic E-state index is 12.1. The van der Waals surface area contributed by atoms with Crippen LogP contribution in [-0.2, 0) is 18.3 Å². The first-order valence-corrected chi connectivity index (χ1v) is 32.3. The quantitative estimate of drug-likeness (QED) is 0.119. The number of hydrogen-bond acceptors (Lipinski definition) is 8. The summed E-state index contributed by atoms with van der Waals surface area (Å²) in [4.78, 5) is 0. The summed E-state index contributed by atoms with van der Waals surface area (Å²) in [6.45, 7) is 38.6. The molecule has 2 fully saturated rings. The van der Waals surface area contributed by atoms with Gasteiger partial charge in [-0.2, -0.15) is 0 Å². The van der Waals surface area contributed by atoms with Gasteiger partial charge in [0, 0.05) is 0 Å². The van der Waals surface area contributed by atoms with Gasteiger partial charge >= 0.3 is 0 Å². The second-order valence-electron chi connectivity index (χ2n) is 20.0. The fraction of sp³-hybridized carbons (Fsp3) is 0.818. The molecule has 2 aliphatic rings. The molecular weight excluding hydrogens is 769 g/mol. The van der Waals surface area contributed by atoms with Crippen LogP contribution in [0.15, 0.2) is 0 Å². The van der Waals surface area contributed by atoms with Gasteiger partial charge in [-0.3, -0.25) is 0 Å². The second kappa shape index (κ2) is 20.8. The molecule has 0 radical (unpaired) electrons. The standard InChI is InChI=1S/C44H78O8Si4/c1-29(2)55(30(3)4,31(5)6)51-43-37(23-25-53(13,14)15)49-39(27-45)35(41(43)47)21-19-20-22-36-40(28-46)50-38(24-26-54(16,17)18)44(42(36)48)52-56(32(7)8,33(9)10)34(11)12/h29-48H,27-28H2,1-18H3/t35-,36-,37+,38+,39-,40-,41+,42+,43+,44+/m1/s1. The lowest BCUT2D eigenvalue weighted by Crippen LogP contribution is -2.61. The maximum absolute atomic E-state index is 12.1. The van der Waals surface area contributed by atoms with Crippen LogP contribution in [0.25, 0.3) is 0 Å². The third-order valence-electron chi connectivity index (χ3n) is 11.6. The molecular formula is C44H78O8Si4. The van der Waals surface area contributed by atoms with Gasteiger partial charge in [0.2, 0.25) is 16.6 Å². The van der Waals surface area contributed by atoms with Crippen LogP contribution in [0.5, 0.6) is 0 Å². The number of aliphatic hydroxyl groups excluding tert-OH is 4. The van der Waals surface area contributed by atoms with E-state index in [-0.39, 0.29) is 46.5 Å². The van der Waals surface area contributed by atoms with Gasteiger partial charge in [0.15, 0.2) is 0 Å². The predicted octanol–water partition coefficient (Wildman–Crippen LogP) is 7.35. The molecule has 2 heterocycles. The summed E-state index contributed by atoms with van der Waals surface area (Å²) in [7, 11) is -8.63. The molecule has 2 saturated heterocycles. The SMILES string of the molecule is CC(C)[Si](O[C@@H]1[C@@H](O)[C@H](C#CC#C[C@H]2[C@H](O)[C@@H](O[Si](C(C)C)(C(C)C)C(C)C)[C@H](C#C[Si](C)(C)C)O[C@@H]2CO)[C@@H](CO)O[C@H]1C#C[Si](C)(C)C)(C(C)C)C(C)C. The average Bonchev–Trinajstić information content (AvgIpc) is 3.06. The summed E-state index contributed by atoms with van der Waals surface area (Å²) in [5.74, 6) is 17.1. The van der Waals surface area contributed by atoms with Gasteiger partial charge in [-0.15, -0.1) is 11.1 Å². The highest BCUT2D eigenvalue weighted by Gasteiger charge is 2.54. The average molecular weight is 847 g/mol. The minimum atomic E-state index is -2.50. The Morgan fingerprint density at radius 1 is 0.482 bits per heavy atom. The van der Waals surface area contributed by atoms with Crippen molar-refractivity contribution in [1.82, 2.24) is 0 Å². The zero-order valence-corrected chi connectivity index (χ0v) is 42.1. The van der Waals surface area contributed by atoms with Gasteiger partial charge in [-0.05, 0) is 45.1 Å². The second-order valence-corrected chi connectivity index (χ2v) is 40.3. The Morgan fingerprint density at radius 3 is 0.964 bits per heavy atom. The summed E-state index contributed by atoms with van der Waals surface area (Å²) in [5.41, 5.74) is 8.39. The monoisotopic (exact) mass is 846 g/mol. The zero-order valence-electron chi connectivity index (χ0n) is 38.1. The largest absolute Gasteiger partial charge is 0.407 e. The van der Waals surface area contributed by atoms with E-state index in [1.165, 1.54) is 0 Å². The van der Waals surface area contributed by atoms with Crippen molar-refractivity contribution in [2.75, 3.05) is 13.2 Å². The molecule has 12 heteroatoms. The van der Waals surface area contributed by atoms with Crippen LogP contribution in [0.2, 0.25) is 72.5 Å². The van der Waals surface area contributed by atoms with E-state index in [1.807, 2.05) is 0 Å². The molecule has 0 aromatic carbocycles. The predicted molar refractivity (Wildman–Crippen MR) is 240 cm³/mol. The Labute approximate surface area is 346 Å². The highest BCUT2D eigenvalue weighted by Crippen LogP contribution is 2.46. The Balaban J connectivity index is 2.67. The Kier molecular flexibility index (Phi) is 19.0. The van der Waals surface area contributed by atoms with Crippen LogP contribution in [-0.4, -0.2) is 115 Å². The molecule has 0 saturated carbocycles. The molecule has 0 amide bonds. The summed E-state index contributed by atoms with van der Waals surface area (Å²) in [6.07, 6.45) is -6.81. The van der Waals surface area contributed by atoms with Gasteiger partial charge in [0.1, 0.15) is 40.6 Å². The maximum Gasteiger partial charge on any atom is 0.201 e. The van der Waals surface area contributed by atoms with Crippen molar-refractivity contribution < 1.29 is 38.8 Å². The van der Waals surface area contributed by atoms with Crippen LogP contribution in [0, 0.1) is 58.4 Å². The van der Waals surface area contributed by atoms with Crippen molar-refractivity contribution in [3.05, 3.63) is 0 Å². The minimum Gasteiger partial charge on any atom is -0.407 e. The number of aliphatic hydroxyl groups is 4. The first-order chi connectivity index (χ1) is 25.7. The summed E-state index contributed by atoms with van der Waals surface area (Å²) < 4.78 is 27.2. The molecule has 318 valence electrons. The van der Waals surface area contributed by atoms with Crippen LogP contribution in [0.1, 0.15) is 83.1 Å². The summed E-state index contributed by atoms with van der Waals surface area (Å²) in [6, 6.07) is 0. The molecule has 0 unspecified atom stereocenters. The lowest BCUT2D eigenvalue weighted by molar-refractivity contribution is -0.173. The van der Waals surface area contributed by atoms with E-state index in [9.17, 15) is 20.4 Å². The molecule has 0 bridgehead atoms. The van der Waals surface area contributed by atoms with Crippen LogP contribution in [0.4, 0.5) is 0 Å². The Bertz CT molecular complexity index is 1360.